The minimum atomic E-state index is 0.318. The Kier molecular flexibility index (Phi) is 5.25. The average molecular weight is 342 g/mol. The molecule has 2 fully saturated rings. The van der Waals surface area contributed by atoms with Gasteiger partial charge in [0, 0.05) is 26.1 Å². The second-order valence-electron chi connectivity index (χ2n) is 7.93. The summed E-state index contributed by atoms with van der Waals surface area (Å²) in [5.41, 5.74) is 1.21. The first-order valence-corrected chi connectivity index (χ1v) is 10.0. The van der Waals surface area contributed by atoms with Gasteiger partial charge in [-0.2, -0.15) is 0 Å². The number of benzene rings is 1. The van der Waals surface area contributed by atoms with Crippen molar-refractivity contribution in [3.05, 3.63) is 29.8 Å². The first-order valence-electron chi connectivity index (χ1n) is 10.0. The Labute approximate surface area is 151 Å². The van der Waals surface area contributed by atoms with Crippen LogP contribution in [-0.4, -0.2) is 55.0 Å². The zero-order valence-corrected chi connectivity index (χ0v) is 15.2. The van der Waals surface area contributed by atoms with E-state index < -0.39 is 0 Å². The molecule has 0 N–H and O–H groups in total. The van der Waals surface area contributed by atoms with Gasteiger partial charge < -0.3 is 14.5 Å². The van der Waals surface area contributed by atoms with Crippen LogP contribution in [0.2, 0.25) is 0 Å². The standard InChI is InChI=1S/C21H30N2O2/c24-21(14-18-9-13-25-20-7-3-2-6-19(18)20)23-12-8-17(16-23)15-22-10-4-1-5-11-22/h2-3,6-7,17-18H,1,4-5,8-16H2/t17-,18+/m0/s1. The maximum absolute atomic E-state index is 12.8. The lowest BCUT2D eigenvalue weighted by molar-refractivity contribution is -0.130. The first kappa shape index (κ1) is 16.9. The van der Waals surface area contributed by atoms with E-state index in [0.717, 1.165) is 31.9 Å². The molecule has 2 atom stereocenters. The lowest BCUT2D eigenvalue weighted by atomic mass is 9.90. The monoisotopic (exact) mass is 342 g/mol. The summed E-state index contributed by atoms with van der Waals surface area (Å²) in [6.07, 6.45) is 6.84. The average Bonchev–Trinajstić information content (AvgIpc) is 3.11. The molecule has 3 heterocycles. The van der Waals surface area contributed by atoms with Gasteiger partial charge in [0.25, 0.3) is 0 Å². The fraction of sp³-hybridized carbons (Fsp3) is 0.667. The van der Waals surface area contributed by atoms with Crippen molar-refractivity contribution in [2.75, 3.05) is 39.3 Å². The van der Waals surface area contributed by atoms with Crippen LogP contribution in [-0.2, 0) is 4.79 Å². The van der Waals surface area contributed by atoms with Gasteiger partial charge in [-0.15, -0.1) is 0 Å². The van der Waals surface area contributed by atoms with E-state index in [1.165, 1.54) is 50.9 Å². The number of likely N-dealkylation sites (tertiary alicyclic amines) is 2. The van der Waals surface area contributed by atoms with Crippen molar-refractivity contribution in [2.24, 2.45) is 5.92 Å². The number of rotatable bonds is 4. The lowest BCUT2D eigenvalue weighted by Gasteiger charge is -2.29. The number of amides is 1. The summed E-state index contributed by atoms with van der Waals surface area (Å²) in [5, 5.41) is 0. The quantitative estimate of drug-likeness (QED) is 0.842. The summed E-state index contributed by atoms with van der Waals surface area (Å²) < 4.78 is 5.73. The Morgan fingerprint density at radius 1 is 1.08 bits per heavy atom. The Morgan fingerprint density at radius 3 is 2.80 bits per heavy atom. The van der Waals surface area contributed by atoms with E-state index in [4.69, 9.17) is 4.74 Å². The second kappa shape index (κ2) is 7.77. The van der Waals surface area contributed by atoms with Crippen LogP contribution in [0.5, 0.6) is 5.75 Å². The van der Waals surface area contributed by atoms with E-state index in [-0.39, 0.29) is 0 Å². The molecule has 0 saturated carbocycles. The topological polar surface area (TPSA) is 32.8 Å². The number of piperidine rings is 1. The number of hydrogen-bond acceptors (Lipinski definition) is 3. The van der Waals surface area contributed by atoms with Crippen LogP contribution in [0.15, 0.2) is 24.3 Å². The molecule has 1 aromatic rings. The highest BCUT2D eigenvalue weighted by molar-refractivity contribution is 5.77. The maximum atomic E-state index is 12.8. The smallest absolute Gasteiger partial charge is 0.223 e. The van der Waals surface area contributed by atoms with Gasteiger partial charge >= 0.3 is 0 Å². The largest absolute Gasteiger partial charge is 0.493 e. The van der Waals surface area contributed by atoms with Crippen LogP contribution in [0.3, 0.4) is 0 Å². The van der Waals surface area contributed by atoms with Crippen LogP contribution in [0.25, 0.3) is 0 Å². The van der Waals surface area contributed by atoms with Crippen molar-refractivity contribution in [3.63, 3.8) is 0 Å². The Morgan fingerprint density at radius 2 is 1.92 bits per heavy atom. The molecule has 136 valence electrons. The Hall–Kier alpha value is -1.55. The number of fused-ring (bicyclic) bond motifs is 1. The molecular formula is C21H30N2O2. The molecule has 0 aromatic heterocycles. The maximum Gasteiger partial charge on any atom is 0.223 e. The number of ether oxygens (including phenoxy) is 1. The highest BCUT2D eigenvalue weighted by atomic mass is 16.5. The molecule has 1 aromatic carbocycles. The molecule has 25 heavy (non-hydrogen) atoms. The van der Waals surface area contributed by atoms with Crippen molar-refractivity contribution in [3.8, 4) is 5.75 Å². The predicted molar refractivity (Wildman–Crippen MR) is 98.9 cm³/mol. The molecule has 3 aliphatic rings. The molecule has 0 bridgehead atoms. The van der Waals surface area contributed by atoms with E-state index >= 15 is 0 Å². The van der Waals surface area contributed by atoms with Gasteiger partial charge in [-0.1, -0.05) is 24.6 Å². The van der Waals surface area contributed by atoms with Gasteiger partial charge in [0.1, 0.15) is 5.75 Å². The molecule has 4 rings (SSSR count). The third kappa shape index (κ3) is 4.00. The fourth-order valence-corrected chi connectivity index (χ4v) is 4.68. The molecule has 0 radical (unpaired) electrons. The summed E-state index contributed by atoms with van der Waals surface area (Å²) in [7, 11) is 0. The third-order valence-corrected chi connectivity index (χ3v) is 6.11. The summed E-state index contributed by atoms with van der Waals surface area (Å²) in [4.78, 5) is 17.6. The van der Waals surface area contributed by atoms with Crippen molar-refractivity contribution < 1.29 is 9.53 Å². The van der Waals surface area contributed by atoms with E-state index in [1.54, 1.807) is 0 Å². The molecule has 0 spiro atoms. The van der Waals surface area contributed by atoms with E-state index in [2.05, 4.69) is 21.9 Å². The summed E-state index contributed by atoms with van der Waals surface area (Å²) >= 11 is 0. The predicted octanol–water partition coefficient (Wildman–Crippen LogP) is 3.28. The summed E-state index contributed by atoms with van der Waals surface area (Å²) in [5.74, 6) is 2.29. The molecule has 3 aliphatic heterocycles. The van der Waals surface area contributed by atoms with Gasteiger partial charge in [-0.25, -0.2) is 0 Å². The number of hydrogen-bond donors (Lipinski definition) is 0. The SMILES string of the molecule is O=C(C[C@H]1CCOc2ccccc21)N1CC[C@@H](CN2CCCCC2)C1. The molecule has 4 nitrogen and oxygen atoms in total. The number of nitrogens with zero attached hydrogens (tertiary/aromatic N) is 2. The zero-order chi connectivity index (χ0) is 17.1. The minimum Gasteiger partial charge on any atom is -0.493 e. The minimum absolute atomic E-state index is 0.318. The van der Waals surface area contributed by atoms with Gasteiger partial charge in [-0.3, -0.25) is 4.79 Å². The number of para-hydroxylation sites is 1. The van der Waals surface area contributed by atoms with E-state index in [1.807, 2.05) is 12.1 Å². The normalized spacial score (nSPS) is 27.0. The molecule has 0 aliphatic carbocycles. The fourth-order valence-electron chi connectivity index (χ4n) is 4.68. The second-order valence-corrected chi connectivity index (χ2v) is 7.93. The highest BCUT2D eigenvalue weighted by Crippen LogP contribution is 2.36. The molecule has 0 unspecified atom stereocenters. The Balaban J connectivity index is 1.30. The van der Waals surface area contributed by atoms with Crippen LogP contribution in [0.1, 0.15) is 50.0 Å². The third-order valence-electron chi connectivity index (χ3n) is 6.11. The van der Waals surface area contributed by atoms with Gasteiger partial charge in [0.05, 0.1) is 6.61 Å². The zero-order valence-electron chi connectivity index (χ0n) is 15.2. The molecule has 1 amide bonds. The van der Waals surface area contributed by atoms with Crippen molar-refractivity contribution in [1.82, 2.24) is 9.80 Å². The lowest BCUT2D eigenvalue weighted by Crippen LogP contribution is -2.36. The van der Waals surface area contributed by atoms with E-state index in [9.17, 15) is 4.79 Å². The van der Waals surface area contributed by atoms with Crippen LogP contribution in [0.4, 0.5) is 0 Å². The van der Waals surface area contributed by atoms with Gasteiger partial charge in [-0.05, 0) is 62.2 Å². The van der Waals surface area contributed by atoms with Crippen LogP contribution >= 0.6 is 0 Å². The Bertz CT molecular complexity index is 597. The molecule has 2 saturated heterocycles. The highest BCUT2D eigenvalue weighted by Gasteiger charge is 2.31. The summed E-state index contributed by atoms with van der Waals surface area (Å²) in [6.45, 7) is 6.32. The summed E-state index contributed by atoms with van der Waals surface area (Å²) in [6, 6.07) is 8.20. The number of carbonyl (C=O) groups is 1. The van der Waals surface area contributed by atoms with Crippen molar-refractivity contribution in [2.45, 2.75) is 44.4 Å². The molecular weight excluding hydrogens is 312 g/mol. The van der Waals surface area contributed by atoms with Gasteiger partial charge in [0.15, 0.2) is 0 Å². The van der Waals surface area contributed by atoms with Gasteiger partial charge in [0.2, 0.25) is 5.91 Å². The number of carbonyl (C=O) groups excluding carboxylic acids is 1. The van der Waals surface area contributed by atoms with Crippen molar-refractivity contribution in [1.29, 1.82) is 0 Å². The van der Waals surface area contributed by atoms with Crippen LogP contribution < -0.4 is 4.74 Å². The molecule has 4 heteroatoms. The van der Waals surface area contributed by atoms with Crippen LogP contribution in [0, 0.1) is 5.92 Å². The van der Waals surface area contributed by atoms with Crippen molar-refractivity contribution >= 4 is 5.91 Å². The van der Waals surface area contributed by atoms with E-state index in [0.29, 0.717) is 24.2 Å². The first-order chi connectivity index (χ1) is 12.3.